The summed E-state index contributed by atoms with van der Waals surface area (Å²) in [5.41, 5.74) is 3.19. The number of halogens is 1. The van der Waals surface area contributed by atoms with Gasteiger partial charge in [0, 0.05) is 6.61 Å². The van der Waals surface area contributed by atoms with Gasteiger partial charge in [0.2, 0.25) is 0 Å². The van der Waals surface area contributed by atoms with Crippen LogP contribution in [-0.2, 0) is 25.1 Å². The summed E-state index contributed by atoms with van der Waals surface area (Å²) in [5.74, 6) is 0.718. The molecule has 7 rings (SSSR count). The van der Waals surface area contributed by atoms with E-state index in [1.165, 1.54) is 6.20 Å². The first kappa shape index (κ1) is 30.2. The summed E-state index contributed by atoms with van der Waals surface area (Å²) >= 11 is 6.77. The fraction of sp³-hybridized carbons (Fsp3) is 0.645. The summed E-state index contributed by atoms with van der Waals surface area (Å²) in [7, 11) is -2.00. The van der Waals surface area contributed by atoms with E-state index < -0.39 is 8.32 Å². The molecule has 3 aromatic heterocycles. The van der Waals surface area contributed by atoms with E-state index in [1.54, 1.807) is 6.07 Å². The molecule has 0 saturated carbocycles. The second-order valence-electron chi connectivity index (χ2n) is 13.9. The zero-order valence-electron chi connectivity index (χ0n) is 26.0. The Morgan fingerprint density at radius 2 is 1.82 bits per heavy atom. The predicted octanol–water partition coefficient (Wildman–Crippen LogP) is 5.92. The number of hydrogen-bond donors (Lipinski definition) is 2. The Kier molecular flexibility index (Phi) is 7.82. The molecule has 0 bridgehead atoms. The second kappa shape index (κ2) is 11.4. The topological polar surface area (TPSA) is 122 Å². The van der Waals surface area contributed by atoms with Gasteiger partial charge in [0.25, 0.3) is 0 Å². The highest BCUT2D eigenvalue weighted by Crippen LogP contribution is 2.42. The van der Waals surface area contributed by atoms with Gasteiger partial charge < -0.3 is 33.8 Å². The number of pyridine rings is 2. The van der Waals surface area contributed by atoms with Crippen molar-refractivity contribution in [2.75, 3.05) is 25.1 Å². The molecule has 6 atom stereocenters. The average Bonchev–Trinajstić information content (AvgIpc) is 3.73. The number of nitrogens with zero attached hydrogens (tertiary/aromatic N) is 4. The van der Waals surface area contributed by atoms with Crippen molar-refractivity contribution in [2.45, 2.75) is 108 Å². The lowest BCUT2D eigenvalue weighted by Crippen LogP contribution is -2.47. The van der Waals surface area contributed by atoms with Crippen LogP contribution >= 0.6 is 11.6 Å². The van der Waals surface area contributed by atoms with Crippen molar-refractivity contribution in [2.24, 2.45) is 0 Å². The van der Waals surface area contributed by atoms with Gasteiger partial charge in [-0.15, -0.1) is 0 Å². The molecule has 13 heteroatoms. The van der Waals surface area contributed by atoms with Gasteiger partial charge in [-0.05, 0) is 67.9 Å². The zero-order valence-corrected chi connectivity index (χ0v) is 27.8. The molecule has 3 aromatic rings. The van der Waals surface area contributed by atoms with Gasteiger partial charge in [-0.1, -0.05) is 32.4 Å². The van der Waals surface area contributed by atoms with Crippen molar-refractivity contribution in [3.05, 3.63) is 34.6 Å². The molecule has 44 heavy (non-hydrogen) atoms. The van der Waals surface area contributed by atoms with Gasteiger partial charge in [-0.25, -0.2) is 4.98 Å². The lowest BCUT2D eigenvalue weighted by Gasteiger charge is -2.39. The Labute approximate surface area is 263 Å². The number of fused-ring (bicyclic) bond motifs is 3. The molecule has 3 unspecified atom stereocenters. The van der Waals surface area contributed by atoms with Gasteiger partial charge >= 0.3 is 6.01 Å². The van der Waals surface area contributed by atoms with Crippen LogP contribution in [0.2, 0.25) is 23.2 Å². The third kappa shape index (κ3) is 5.47. The van der Waals surface area contributed by atoms with E-state index in [0.717, 1.165) is 43.4 Å². The van der Waals surface area contributed by atoms with Crippen LogP contribution in [0.4, 0.5) is 5.82 Å². The first-order valence-electron chi connectivity index (χ1n) is 15.7. The van der Waals surface area contributed by atoms with E-state index in [2.05, 4.69) is 44.2 Å². The third-order valence-corrected chi connectivity index (χ3v) is 14.6. The van der Waals surface area contributed by atoms with Crippen LogP contribution in [0.15, 0.2) is 18.3 Å². The number of anilines is 1. The van der Waals surface area contributed by atoms with Crippen molar-refractivity contribution >= 4 is 36.9 Å². The molecule has 11 nitrogen and oxygen atoms in total. The summed E-state index contributed by atoms with van der Waals surface area (Å²) in [5, 5.41) is 13.9. The van der Waals surface area contributed by atoms with Crippen molar-refractivity contribution in [3.63, 3.8) is 0 Å². The zero-order chi connectivity index (χ0) is 30.8. The molecular formula is C31H42ClN5O6Si. The standard InChI is InChI=1S/C31H42ClN5O6Si/c1-31(2,3)44(4,5)43-23-16-41-26-22(15-40-27(23)26)42-30-35-21-13-19(32)28(36-29(21)37(30)24-8-6-7-11-39-24)34-20-10-9-17-12-18(38)14-33-25(17)20/h12-14,20,22-24,26-27,38H,6-11,15-16H2,1-5H3,(H,34,36)/t20?,22-,23?,24?,26-,27-/m1/s1. The van der Waals surface area contributed by atoms with Crippen LogP contribution in [0, 0.1) is 0 Å². The summed E-state index contributed by atoms with van der Waals surface area (Å²) in [6.45, 7) is 12.7. The smallest absolute Gasteiger partial charge is 0.301 e. The van der Waals surface area contributed by atoms with Crippen LogP contribution in [0.1, 0.15) is 70.0 Å². The molecule has 0 amide bonds. The highest BCUT2D eigenvalue weighted by Gasteiger charge is 2.52. The van der Waals surface area contributed by atoms with Crippen LogP contribution in [0.5, 0.6) is 11.8 Å². The van der Waals surface area contributed by atoms with Crippen molar-refractivity contribution in [1.29, 1.82) is 0 Å². The molecule has 3 fully saturated rings. The van der Waals surface area contributed by atoms with Crippen molar-refractivity contribution in [1.82, 2.24) is 19.5 Å². The number of ether oxygens (including phenoxy) is 4. The highest BCUT2D eigenvalue weighted by atomic mass is 35.5. The first-order chi connectivity index (χ1) is 21.0. The quantitative estimate of drug-likeness (QED) is 0.300. The first-order valence-corrected chi connectivity index (χ1v) is 19.0. The van der Waals surface area contributed by atoms with Crippen molar-refractivity contribution in [3.8, 4) is 11.8 Å². The minimum atomic E-state index is -2.00. The summed E-state index contributed by atoms with van der Waals surface area (Å²) in [6.07, 6.45) is 4.81. The average molecular weight is 644 g/mol. The number of imidazole rings is 1. The van der Waals surface area contributed by atoms with E-state index in [9.17, 15) is 5.11 Å². The number of aromatic nitrogens is 4. The summed E-state index contributed by atoms with van der Waals surface area (Å²) in [4.78, 5) is 14.3. The molecule has 3 saturated heterocycles. The van der Waals surface area contributed by atoms with Gasteiger partial charge in [0.1, 0.15) is 35.5 Å². The Morgan fingerprint density at radius 1 is 1.05 bits per heavy atom. The highest BCUT2D eigenvalue weighted by molar-refractivity contribution is 6.74. The molecule has 6 heterocycles. The van der Waals surface area contributed by atoms with Gasteiger partial charge in [0.05, 0.1) is 42.3 Å². The van der Waals surface area contributed by atoms with Gasteiger partial charge in [0.15, 0.2) is 20.1 Å². The normalized spacial score (nSPS) is 28.8. The maximum atomic E-state index is 9.86. The molecule has 0 radical (unpaired) electrons. The number of nitrogens with one attached hydrogen (secondary N) is 1. The number of rotatable bonds is 7. The van der Waals surface area contributed by atoms with E-state index in [0.29, 0.717) is 47.8 Å². The predicted molar refractivity (Wildman–Crippen MR) is 168 cm³/mol. The Hall–Kier alpha value is -2.48. The Morgan fingerprint density at radius 3 is 2.57 bits per heavy atom. The maximum Gasteiger partial charge on any atom is 0.301 e. The maximum absolute atomic E-state index is 9.86. The van der Waals surface area contributed by atoms with Crippen LogP contribution in [0.25, 0.3) is 11.2 Å². The lowest BCUT2D eigenvalue weighted by atomic mass is 10.1. The summed E-state index contributed by atoms with van der Waals surface area (Å²) < 4.78 is 34.0. The second-order valence-corrected chi connectivity index (χ2v) is 19.1. The Bertz CT molecular complexity index is 1540. The SMILES string of the molecule is CC(C)(C)[Si](C)(C)OC1CO[C@H]2[C@@H]1OC[C@H]2Oc1nc2cc(Cl)c(NC3CCc4cc(O)cnc43)nc2n1C1CCCCO1. The minimum Gasteiger partial charge on any atom is -0.506 e. The molecule has 1 aliphatic carbocycles. The fourth-order valence-corrected chi connectivity index (χ4v) is 7.95. The van der Waals surface area contributed by atoms with Crippen molar-refractivity contribution < 1.29 is 28.5 Å². The molecule has 2 N–H and O–H groups in total. The lowest BCUT2D eigenvalue weighted by molar-refractivity contribution is -0.0406. The monoisotopic (exact) mass is 643 g/mol. The molecule has 238 valence electrons. The fourth-order valence-electron chi connectivity index (χ4n) is 6.43. The molecule has 4 aliphatic rings. The van der Waals surface area contributed by atoms with E-state index in [1.807, 2.05) is 10.6 Å². The van der Waals surface area contributed by atoms with Crippen LogP contribution < -0.4 is 10.1 Å². The molecule has 0 spiro atoms. The van der Waals surface area contributed by atoms with Crippen LogP contribution in [0.3, 0.4) is 0 Å². The van der Waals surface area contributed by atoms with Gasteiger partial charge in [-0.2, -0.15) is 4.98 Å². The Balaban J connectivity index is 1.16. The van der Waals surface area contributed by atoms with E-state index in [-0.39, 0.29) is 47.5 Å². The number of aromatic hydroxyl groups is 1. The number of aryl methyl sites for hydroxylation is 1. The molecular weight excluding hydrogens is 602 g/mol. The number of hydrogen-bond acceptors (Lipinski definition) is 10. The van der Waals surface area contributed by atoms with E-state index in [4.69, 9.17) is 44.9 Å². The van der Waals surface area contributed by atoms with E-state index >= 15 is 0 Å². The third-order valence-electron chi connectivity index (χ3n) is 9.83. The minimum absolute atomic E-state index is 0.0698. The summed E-state index contributed by atoms with van der Waals surface area (Å²) in [6, 6.07) is 3.94. The molecule has 0 aromatic carbocycles. The molecule has 3 aliphatic heterocycles. The van der Waals surface area contributed by atoms with Crippen LogP contribution in [-0.4, -0.2) is 77.2 Å². The van der Waals surface area contributed by atoms with Gasteiger partial charge in [-0.3, -0.25) is 9.55 Å². The largest absolute Gasteiger partial charge is 0.506 e.